The summed E-state index contributed by atoms with van der Waals surface area (Å²) in [6.45, 7) is 4.96. The smallest absolute Gasteiger partial charge is 0.0556 e. The van der Waals surface area contributed by atoms with Crippen molar-refractivity contribution in [2.75, 3.05) is 13.2 Å². The van der Waals surface area contributed by atoms with Crippen molar-refractivity contribution in [2.45, 2.75) is 58.0 Å². The van der Waals surface area contributed by atoms with Gasteiger partial charge in [0.15, 0.2) is 0 Å². The quantitative estimate of drug-likeness (QED) is 0.329. The van der Waals surface area contributed by atoms with Gasteiger partial charge in [-0.3, -0.25) is 0 Å². The van der Waals surface area contributed by atoms with E-state index in [2.05, 4.69) is 17.7 Å². The van der Waals surface area contributed by atoms with Crippen LogP contribution in [-0.4, -0.2) is 35.5 Å². The predicted molar refractivity (Wildman–Crippen MR) is 62.0 cm³/mol. The number of aliphatic hydroxyl groups is 1. The zero-order chi connectivity index (χ0) is 11.5. The van der Waals surface area contributed by atoms with E-state index in [-0.39, 0.29) is 18.7 Å². The Labute approximate surface area is 93.0 Å². The molecule has 0 spiro atoms. The Kier molecular flexibility index (Phi) is 10.3. The fourth-order valence-electron chi connectivity index (χ4n) is 1.78. The molecule has 0 aliphatic rings. The number of unbranched alkanes of at least 4 members (excludes halogenated alkanes) is 2. The average Bonchev–Trinajstić information content (AvgIpc) is 2.26. The van der Waals surface area contributed by atoms with Gasteiger partial charge in [-0.05, 0) is 12.8 Å². The first kappa shape index (κ1) is 14.8. The highest BCUT2D eigenvalue weighted by molar-refractivity contribution is 4.78. The number of hydrogen-bond donors (Lipinski definition) is 4. The summed E-state index contributed by atoms with van der Waals surface area (Å²) < 4.78 is 0. The van der Waals surface area contributed by atoms with Crippen molar-refractivity contribution in [3.05, 3.63) is 0 Å². The Bertz CT molecular complexity index is 130. The molecule has 2 atom stereocenters. The first-order chi connectivity index (χ1) is 7.29. The molecule has 0 radical (unpaired) electrons. The van der Waals surface area contributed by atoms with Gasteiger partial charge in [0.1, 0.15) is 0 Å². The Balaban J connectivity index is 3.91. The molecule has 0 rings (SSSR count). The molecule has 0 aliphatic heterocycles. The molecule has 0 aliphatic carbocycles. The van der Waals surface area contributed by atoms with Crippen LogP contribution in [0.5, 0.6) is 0 Å². The van der Waals surface area contributed by atoms with Crippen LogP contribution in [0.1, 0.15) is 46.0 Å². The lowest BCUT2D eigenvalue weighted by molar-refractivity contribution is 0.0994. The van der Waals surface area contributed by atoms with Crippen LogP contribution in [0, 0.1) is 0 Å². The first-order valence-electron chi connectivity index (χ1n) is 6.03. The maximum absolute atomic E-state index is 9.00. The van der Waals surface area contributed by atoms with Crippen molar-refractivity contribution < 1.29 is 10.3 Å². The van der Waals surface area contributed by atoms with Gasteiger partial charge in [0.25, 0.3) is 0 Å². The highest BCUT2D eigenvalue weighted by Crippen LogP contribution is 2.09. The fourth-order valence-corrected chi connectivity index (χ4v) is 1.78. The number of hydrogen-bond acceptors (Lipinski definition) is 4. The molecule has 92 valence electrons. The van der Waals surface area contributed by atoms with Crippen LogP contribution < -0.4 is 10.8 Å². The maximum atomic E-state index is 9.00. The first-order valence-corrected chi connectivity index (χ1v) is 6.03. The van der Waals surface area contributed by atoms with E-state index in [1.807, 2.05) is 6.92 Å². The Morgan fingerprint density at radius 1 is 1.13 bits per heavy atom. The van der Waals surface area contributed by atoms with Crippen molar-refractivity contribution >= 4 is 0 Å². The summed E-state index contributed by atoms with van der Waals surface area (Å²) in [6.07, 6.45) is 5.51. The Hall–Kier alpha value is -0.160. The van der Waals surface area contributed by atoms with E-state index >= 15 is 0 Å². The third kappa shape index (κ3) is 6.84. The molecule has 0 unspecified atom stereocenters. The van der Waals surface area contributed by atoms with Gasteiger partial charge in [-0.1, -0.05) is 33.1 Å². The van der Waals surface area contributed by atoms with Crippen molar-refractivity contribution in [1.29, 1.82) is 0 Å². The van der Waals surface area contributed by atoms with E-state index < -0.39 is 0 Å². The van der Waals surface area contributed by atoms with Crippen LogP contribution in [0.15, 0.2) is 0 Å². The molecule has 4 nitrogen and oxygen atoms in total. The minimum atomic E-state index is 0.0772. The minimum Gasteiger partial charge on any atom is -0.395 e. The van der Waals surface area contributed by atoms with E-state index in [0.717, 1.165) is 19.3 Å². The van der Waals surface area contributed by atoms with Gasteiger partial charge in [-0.15, -0.1) is 0 Å². The van der Waals surface area contributed by atoms with Crippen molar-refractivity contribution in [3.8, 4) is 0 Å². The van der Waals surface area contributed by atoms with Crippen molar-refractivity contribution in [1.82, 2.24) is 10.8 Å². The largest absolute Gasteiger partial charge is 0.395 e. The molecule has 0 heterocycles. The molecular weight excluding hydrogens is 192 g/mol. The third-order valence-electron chi connectivity index (χ3n) is 2.73. The number of nitrogens with one attached hydrogen (secondary N) is 2. The normalized spacial score (nSPS) is 15.2. The molecule has 0 bridgehead atoms. The van der Waals surface area contributed by atoms with E-state index in [1.54, 1.807) is 0 Å². The van der Waals surface area contributed by atoms with Gasteiger partial charge in [0.05, 0.1) is 6.61 Å². The van der Waals surface area contributed by atoms with Gasteiger partial charge < -0.3 is 15.6 Å². The summed E-state index contributed by atoms with van der Waals surface area (Å²) in [4.78, 5) is 0. The van der Waals surface area contributed by atoms with Crippen LogP contribution in [0.3, 0.4) is 0 Å². The molecule has 4 N–H and O–H groups in total. The average molecular weight is 218 g/mol. The molecule has 0 saturated carbocycles. The monoisotopic (exact) mass is 218 g/mol. The van der Waals surface area contributed by atoms with Crippen molar-refractivity contribution in [2.24, 2.45) is 0 Å². The molecule has 15 heavy (non-hydrogen) atoms. The summed E-state index contributed by atoms with van der Waals surface area (Å²) in [5.74, 6) is 0. The molecule has 0 aromatic rings. The van der Waals surface area contributed by atoms with E-state index in [4.69, 9.17) is 10.3 Å². The van der Waals surface area contributed by atoms with E-state index in [0.29, 0.717) is 6.54 Å². The number of hydroxylamine groups is 1. The summed E-state index contributed by atoms with van der Waals surface area (Å²) >= 11 is 0. The van der Waals surface area contributed by atoms with Gasteiger partial charge in [-0.2, -0.15) is 0 Å². The third-order valence-corrected chi connectivity index (χ3v) is 2.73. The highest BCUT2D eigenvalue weighted by atomic mass is 16.5. The predicted octanol–water partition coefficient (Wildman–Crippen LogP) is 1.27. The van der Waals surface area contributed by atoms with Crippen molar-refractivity contribution in [3.63, 3.8) is 0 Å². The van der Waals surface area contributed by atoms with Gasteiger partial charge in [-0.25, -0.2) is 5.48 Å². The highest BCUT2D eigenvalue weighted by Gasteiger charge is 2.17. The minimum absolute atomic E-state index is 0.0772. The van der Waals surface area contributed by atoms with Crippen LogP contribution in [-0.2, 0) is 0 Å². The Morgan fingerprint density at radius 2 is 1.87 bits per heavy atom. The second-order valence-electron chi connectivity index (χ2n) is 3.92. The van der Waals surface area contributed by atoms with Gasteiger partial charge in [0, 0.05) is 18.6 Å². The zero-order valence-corrected chi connectivity index (χ0v) is 10.00. The lowest BCUT2D eigenvalue weighted by atomic mass is 9.99. The standard InChI is InChI=1S/C11H26N2O2/c1-3-5-6-7-11(12-8-9-14)10(4-2)13-15/h10-15H,3-9H2,1-2H3/t10-,11+/m0/s1. The Morgan fingerprint density at radius 3 is 2.33 bits per heavy atom. The van der Waals surface area contributed by atoms with Crippen LogP contribution >= 0.6 is 0 Å². The molecule has 0 saturated heterocycles. The molecule has 0 aromatic carbocycles. The van der Waals surface area contributed by atoms with E-state index in [1.165, 1.54) is 12.8 Å². The lowest BCUT2D eigenvalue weighted by Gasteiger charge is -2.26. The van der Waals surface area contributed by atoms with Crippen LogP contribution in [0.25, 0.3) is 0 Å². The summed E-state index contributed by atoms with van der Waals surface area (Å²) in [6, 6.07) is 0.326. The molecular formula is C11H26N2O2. The molecule has 0 amide bonds. The number of aliphatic hydroxyl groups excluding tert-OH is 1. The second kappa shape index (κ2) is 10.4. The topological polar surface area (TPSA) is 64.5 Å². The van der Waals surface area contributed by atoms with Crippen LogP contribution in [0.2, 0.25) is 0 Å². The van der Waals surface area contributed by atoms with Crippen LogP contribution in [0.4, 0.5) is 0 Å². The lowest BCUT2D eigenvalue weighted by Crippen LogP contribution is -2.47. The second-order valence-corrected chi connectivity index (χ2v) is 3.92. The van der Waals surface area contributed by atoms with E-state index in [9.17, 15) is 0 Å². The van der Waals surface area contributed by atoms with Gasteiger partial charge >= 0.3 is 0 Å². The summed E-state index contributed by atoms with van der Waals surface area (Å²) in [5, 5.41) is 21.0. The number of rotatable bonds is 10. The fraction of sp³-hybridized carbons (Fsp3) is 1.00. The zero-order valence-electron chi connectivity index (χ0n) is 10.00. The molecule has 0 aromatic heterocycles. The summed E-state index contributed by atoms with van der Waals surface area (Å²) in [5.41, 5.74) is 2.34. The SMILES string of the molecule is CCCCC[C@@H](NCCO)[C@H](CC)NO. The summed E-state index contributed by atoms with van der Waals surface area (Å²) in [7, 11) is 0. The van der Waals surface area contributed by atoms with Gasteiger partial charge in [0.2, 0.25) is 0 Å². The molecule has 4 heteroatoms. The molecule has 0 fully saturated rings. The maximum Gasteiger partial charge on any atom is 0.0556 e.